The highest BCUT2D eigenvalue weighted by Crippen LogP contribution is 2.45. The summed E-state index contributed by atoms with van der Waals surface area (Å²) in [5.74, 6) is 1.77. The van der Waals surface area contributed by atoms with Crippen LogP contribution in [0.3, 0.4) is 0 Å². The molecule has 4 aliphatic heterocycles. The van der Waals surface area contributed by atoms with Crippen molar-refractivity contribution in [1.82, 2.24) is 19.7 Å². The molecular formula is C29H43N5O4. The van der Waals surface area contributed by atoms with Crippen molar-refractivity contribution in [3.05, 3.63) is 23.3 Å². The van der Waals surface area contributed by atoms with E-state index in [4.69, 9.17) is 14.6 Å². The number of piperidine rings is 1. The molecule has 1 aromatic carbocycles. The molecule has 0 radical (unpaired) electrons. The lowest BCUT2D eigenvalue weighted by Gasteiger charge is -2.42. The van der Waals surface area contributed by atoms with Crippen LogP contribution in [-0.2, 0) is 16.0 Å². The topological polar surface area (TPSA) is 77.9 Å². The number of benzene rings is 1. The molecule has 1 aromatic rings. The first kappa shape index (κ1) is 26.9. The van der Waals surface area contributed by atoms with Crippen LogP contribution in [0.5, 0.6) is 11.5 Å². The van der Waals surface area contributed by atoms with E-state index in [1.165, 1.54) is 0 Å². The molecule has 0 atom stereocenters. The van der Waals surface area contributed by atoms with Crippen molar-refractivity contribution >= 4 is 17.5 Å². The molecule has 9 heteroatoms. The van der Waals surface area contributed by atoms with E-state index < -0.39 is 5.41 Å². The summed E-state index contributed by atoms with van der Waals surface area (Å²) in [4.78, 5) is 33.1. The van der Waals surface area contributed by atoms with Gasteiger partial charge in [-0.2, -0.15) is 5.10 Å². The fraction of sp³-hybridized carbons (Fsp3) is 0.690. The number of hydrogen-bond acceptors (Lipinski definition) is 7. The van der Waals surface area contributed by atoms with Crippen LogP contribution in [0.1, 0.15) is 58.1 Å². The molecule has 0 saturated carbocycles. The average Bonchev–Trinajstić information content (AvgIpc) is 3.21. The maximum absolute atomic E-state index is 13.5. The number of likely N-dealkylation sites (N-methyl/N-ethyl adjacent to an activating group) is 1. The number of carbonyl (C=O) groups is 2. The highest BCUT2D eigenvalue weighted by Gasteiger charge is 2.44. The molecule has 4 heterocycles. The summed E-state index contributed by atoms with van der Waals surface area (Å²) in [6.45, 7) is 13.9. The van der Waals surface area contributed by atoms with Crippen molar-refractivity contribution in [2.24, 2.45) is 10.5 Å². The molecule has 0 unspecified atom stereocenters. The van der Waals surface area contributed by atoms with Crippen LogP contribution in [0.2, 0.25) is 0 Å². The summed E-state index contributed by atoms with van der Waals surface area (Å²) in [5, 5.41) is 6.73. The quantitative estimate of drug-likeness (QED) is 0.588. The molecule has 38 heavy (non-hydrogen) atoms. The third-order valence-electron chi connectivity index (χ3n) is 8.48. The third-order valence-corrected chi connectivity index (χ3v) is 8.48. The lowest BCUT2D eigenvalue weighted by molar-refractivity contribution is -0.145. The number of rotatable bonds is 5. The fourth-order valence-corrected chi connectivity index (χ4v) is 6.13. The number of nitrogens with zero attached hydrogens (tertiary/aromatic N) is 5. The first-order chi connectivity index (χ1) is 18.0. The molecule has 0 N–H and O–H groups in total. The van der Waals surface area contributed by atoms with E-state index in [1.54, 1.807) is 12.1 Å². The summed E-state index contributed by atoms with van der Waals surface area (Å²) in [6.07, 6.45) is 2.81. The van der Waals surface area contributed by atoms with E-state index in [0.717, 1.165) is 73.8 Å². The second-order valence-corrected chi connectivity index (χ2v) is 12.6. The van der Waals surface area contributed by atoms with Gasteiger partial charge in [-0.15, -0.1) is 0 Å². The van der Waals surface area contributed by atoms with Crippen LogP contribution < -0.4 is 9.47 Å². The maximum Gasteiger partial charge on any atom is 0.248 e. The van der Waals surface area contributed by atoms with Gasteiger partial charge in [-0.3, -0.25) is 14.5 Å². The molecule has 0 aliphatic carbocycles. The number of likely N-dealkylation sites (tertiary alicyclic amines) is 1. The van der Waals surface area contributed by atoms with E-state index >= 15 is 0 Å². The third kappa shape index (κ3) is 5.27. The van der Waals surface area contributed by atoms with Gasteiger partial charge in [0.25, 0.3) is 0 Å². The Balaban J connectivity index is 1.32. The van der Waals surface area contributed by atoms with Gasteiger partial charge in [-0.25, -0.2) is 5.01 Å². The monoisotopic (exact) mass is 525 g/mol. The molecule has 2 fully saturated rings. The summed E-state index contributed by atoms with van der Waals surface area (Å²) < 4.78 is 11.8. The van der Waals surface area contributed by atoms with E-state index in [9.17, 15) is 9.59 Å². The summed E-state index contributed by atoms with van der Waals surface area (Å²) >= 11 is 0. The molecule has 0 aromatic heterocycles. The molecular weight excluding hydrogens is 482 g/mol. The zero-order chi connectivity index (χ0) is 27.2. The number of piperazine rings is 1. The fourth-order valence-electron chi connectivity index (χ4n) is 6.13. The van der Waals surface area contributed by atoms with Crippen LogP contribution in [0.4, 0.5) is 0 Å². The number of hydrogen-bond donors (Lipinski definition) is 0. The van der Waals surface area contributed by atoms with Gasteiger partial charge in [0.2, 0.25) is 11.8 Å². The zero-order valence-electron chi connectivity index (χ0n) is 23.9. The molecule has 5 rings (SSSR count). The first-order valence-corrected chi connectivity index (χ1v) is 14.0. The standard InChI is InChI=1S/C29H43N5O4/c1-28(2)18-23(21-7-8-24(37-6)26-22(21)17-29(3,4)38-26)30-34(27(28)36)20-9-11-33(12-10-20)25(35)19-32-15-13-31(5)14-16-32/h7-8,20H,9-19H2,1-6H3. The number of fused-ring (bicyclic) bond motifs is 1. The Morgan fingerprint density at radius 2 is 1.74 bits per heavy atom. The highest BCUT2D eigenvalue weighted by atomic mass is 16.5. The van der Waals surface area contributed by atoms with Gasteiger partial charge >= 0.3 is 0 Å². The van der Waals surface area contributed by atoms with Gasteiger partial charge in [-0.05, 0) is 45.9 Å². The Hall–Kier alpha value is -2.65. The molecule has 4 aliphatic rings. The lowest BCUT2D eigenvalue weighted by atomic mass is 9.80. The number of methoxy groups -OCH3 is 1. The summed E-state index contributed by atoms with van der Waals surface area (Å²) in [7, 11) is 3.78. The molecule has 2 amide bonds. The van der Waals surface area contributed by atoms with E-state index in [0.29, 0.717) is 26.1 Å². The SMILES string of the molecule is COc1ccc(C2=NN(C3CCN(C(=O)CN4CCN(C)CC4)CC3)C(=O)C(C)(C)C2)c2c1OC(C)(C)C2. The summed E-state index contributed by atoms with van der Waals surface area (Å²) in [6, 6.07) is 3.99. The minimum Gasteiger partial charge on any atom is -0.493 e. The van der Waals surface area contributed by atoms with Crippen molar-refractivity contribution < 1.29 is 19.1 Å². The Kier molecular flexibility index (Phi) is 7.20. The van der Waals surface area contributed by atoms with Crippen LogP contribution >= 0.6 is 0 Å². The highest BCUT2D eigenvalue weighted by molar-refractivity contribution is 6.07. The van der Waals surface area contributed by atoms with Crippen molar-refractivity contribution in [3.63, 3.8) is 0 Å². The van der Waals surface area contributed by atoms with Gasteiger partial charge in [0.15, 0.2) is 11.5 Å². The maximum atomic E-state index is 13.5. The van der Waals surface area contributed by atoms with Crippen molar-refractivity contribution in [3.8, 4) is 11.5 Å². The molecule has 2 saturated heterocycles. The Morgan fingerprint density at radius 1 is 1.05 bits per heavy atom. The van der Waals surface area contributed by atoms with Gasteiger partial charge < -0.3 is 19.3 Å². The van der Waals surface area contributed by atoms with E-state index in [2.05, 4.69) is 36.8 Å². The molecule has 0 spiro atoms. The normalized spacial score (nSPS) is 24.2. The molecule has 0 bridgehead atoms. The van der Waals surface area contributed by atoms with Gasteiger partial charge in [-0.1, -0.05) is 13.8 Å². The second kappa shape index (κ2) is 10.2. The van der Waals surface area contributed by atoms with Crippen LogP contribution in [0.25, 0.3) is 0 Å². The Labute approximate surface area is 226 Å². The predicted octanol–water partition coefficient (Wildman–Crippen LogP) is 2.61. The van der Waals surface area contributed by atoms with Crippen LogP contribution in [0.15, 0.2) is 17.2 Å². The summed E-state index contributed by atoms with van der Waals surface area (Å²) in [5.41, 5.74) is 2.17. The number of ether oxygens (including phenoxy) is 2. The molecule has 208 valence electrons. The predicted molar refractivity (Wildman–Crippen MR) is 147 cm³/mol. The van der Waals surface area contributed by atoms with Gasteiger partial charge in [0.05, 0.1) is 30.8 Å². The van der Waals surface area contributed by atoms with Crippen molar-refractivity contribution in [2.45, 2.75) is 65.0 Å². The van der Waals surface area contributed by atoms with Crippen LogP contribution in [0, 0.1) is 5.41 Å². The van der Waals surface area contributed by atoms with Crippen molar-refractivity contribution in [1.29, 1.82) is 0 Å². The van der Waals surface area contributed by atoms with Gasteiger partial charge in [0.1, 0.15) is 5.60 Å². The van der Waals surface area contributed by atoms with Crippen LogP contribution in [-0.4, -0.2) is 109 Å². The zero-order valence-corrected chi connectivity index (χ0v) is 23.9. The first-order valence-electron chi connectivity index (χ1n) is 14.0. The molecule has 9 nitrogen and oxygen atoms in total. The van der Waals surface area contributed by atoms with Crippen molar-refractivity contribution in [2.75, 3.05) is 60.0 Å². The largest absolute Gasteiger partial charge is 0.493 e. The number of hydrazone groups is 1. The number of carbonyl (C=O) groups excluding carboxylic acids is 2. The second-order valence-electron chi connectivity index (χ2n) is 12.6. The minimum absolute atomic E-state index is 0.0104. The Bertz CT molecular complexity index is 1110. The van der Waals surface area contributed by atoms with E-state index in [-0.39, 0.29) is 23.5 Å². The van der Waals surface area contributed by atoms with E-state index in [1.807, 2.05) is 24.8 Å². The average molecular weight is 526 g/mol. The smallest absolute Gasteiger partial charge is 0.248 e. The number of amides is 2. The minimum atomic E-state index is -0.562. The van der Waals surface area contributed by atoms with Gasteiger partial charge in [0, 0.05) is 63.2 Å². The Morgan fingerprint density at radius 3 is 2.39 bits per heavy atom. The lowest BCUT2D eigenvalue weighted by Crippen LogP contribution is -2.54.